The Balaban J connectivity index is 2.90. The van der Waals surface area contributed by atoms with Crippen LogP contribution in [0, 0.1) is 10.1 Å². The number of nitro groups is 1. The van der Waals surface area contributed by atoms with Crippen LogP contribution < -0.4 is 5.32 Å². The van der Waals surface area contributed by atoms with Crippen LogP contribution in [0.25, 0.3) is 0 Å². The van der Waals surface area contributed by atoms with Crippen LogP contribution in [-0.2, 0) is 4.74 Å². The molecule has 0 radical (unpaired) electrons. The maximum Gasteiger partial charge on any atom is 0.310 e. The van der Waals surface area contributed by atoms with Gasteiger partial charge >= 0.3 is 5.69 Å². The van der Waals surface area contributed by atoms with Crippen LogP contribution in [-0.4, -0.2) is 35.2 Å². The van der Waals surface area contributed by atoms with Gasteiger partial charge in [0, 0.05) is 18.7 Å². The Hall–Kier alpha value is -2.15. The molecule has 0 saturated carbocycles. The summed E-state index contributed by atoms with van der Waals surface area (Å²) in [5.74, 6) is -0.977. The van der Waals surface area contributed by atoms with Crippen molar-refractivity contribution in [2.24, 2.45) is 0 Å². The van der Waals surface area contributed by atoms with Crippen molar-refractivity contribution in [3.8, 4) is 5.75 Å². The van der Waals surface area contributed by atoms with E-state index in [9.17, 15) is 20.0 Å². The first-order chi connectivity index (χ1) is 8.76. The predicted octanol–water partition coefficient (Wildman–Crippen LogP) is 1.46. The van der Waals surface area contributed by atoms with E-state index < -0.39 is 27.8 Å². The zero-order valence-electron chi connectivity index (χ0n) is 11.0. The van der Waals surface area contributed by atoms with Gasteiger partial charge in [0.2, 0.25) is 0 Å². The van der Waals surface area contributed by atoms with Gasteiger partial charge in [-0.05, 0) is 26.0 Å². The summed E-state index contributed by atoms with van der Waals surface area (Å²) in [4.78, 5) is 21.7. The fourth-order valence-corrected chi connectivity index (χ4v) is 1.60. The molecular formula is C12H16N2O5. The van der Waals surface area contributed by atoms with Gasteiger partial charge in [0.05, 0.1) is 17.1 Å². The first-order valence-electron chi connectivity index (χ1n) is 5.55. The highest BCUT2D eigenvalue weighted by Crippen LogP contribution is 2.26. The van der Waals surface area contributed by atoms with Gasteiger partial charge in [-0.3, -0.25) is 14.9 Å². The summed E-state index contributed by atoms with van der Waals surface area (Å²) in [6.07, 6.45) is 0. The summed E-state index contributed by atoms with van der Waals surface area (Å²) in [5.41, 5.74) is -0.872. The van der Waals surface area contributed by atoms with Crippen molar-refractivity contribution in [3.63, 3.8) is 0 Å². The zero-order chi connectivity index (χ0) is 14.6. The number of nitro benzene ring substituents is 1. The summed E-state index contributed by atoms with van der Waals surface area (Å²) in [6.45, 7) is 3.87. The molecule has 1 rings (SSSR count). The third-order valence-corrected chi connectivity index (χ3v) is 2.39. The molecule has 1 aromatic rings. The van der Waals surface area contributed by atoms with E-state index in [1.165, 1.54) is 13.2 Å². The number of nitrogens with one attached hydrogen (secondary N) is 1. The molecule has 0 aliphatic rings. The number of benzene rings is 1. The Kier molecular flexibility index (Phi) is 4.44. The highest BCUT2D eigenvalue weighted by Gasteiger charge is 2.22. The van der Waals surface area contributed by atoms with Crippen LogP contribution in [0.3, 0.4) is 0 Å². The topological polar surface area (TPSA) is 102 Å². The van der Waals surface area contributed by atoms with Gasteiger partial charge in [-0.15, -0.1) is 0 Å². The summed E-state index contributed by atoms with van der Waals surface area (Å²) in [6, 6.07) is 3.44. The van der Waals surface area contributed by atoms with Crippen molar-refractivity contribution < 1.29 is 19.6 Å². The summed E-state index contributed by atoms with van der Waals surface area (Å²) in [5, 5.41) is 22.7. The van der Waals surface area contributed by atoms with Gasteiger partial charge in [-0.25, -0.2) is 0 Å². The number of ether oxygens (including phenoxy) is 1. The molecule has 19 heavy (non-hydrogen) atoms. The number of phenols is 1. The fourth-order valence-electron chi connectivity index (χ4n) is 1.60. The molecule has 0 heterocycles. The third-order valence-electron chi connectivity index (χ3n) is 2.39. The van der Waals surface area contributed by atoms with Gasteiger partial charge in [-0.1, -0.05) is 0 Å². The average molecular weight is 268 g/mol. The first kappa shape index (κ1) is 14.9. The molecule has 7 nitrogen and oxygen atoms in total. The number of carbonyl (C=O) groups excluding carboxylic acids is 1. The second-order valence-corrected chi connectivity index (χ2v) is 4.73. The Morgan fingerprint density at radius 1 is 1.53 bits per heavy atom. The van der Waals surface area contributed by atoms with E-state index in [1.807, 2.05) is 0 Å². The largest absolute Gasteiger partial charge is 0.502 e. The lowest BCUT2D eigenvalue weighted by atomic mass is 10.1. The molecule has 0 atom stereocenters. The summed E-state index contributed by atoms with van der Waals surface area (Å²) < 4.78 is 4.96. The number of amides is 1. The van der Waals surface area contributed by atoms with Crippen molar-refractivity contribution in [2.45, 2.75) is 19.4 Å². The van der Waals surface area contributed by atoms with Crippen LogP contribution in [0.15, 0.2) is 18.2 Å². The van der Waals surface area contributed by atoms with E-state index in [4.69, 9.17) is 4.74 Å². The van der Waals surface area contributed by atoms with Gasteiger partial charge in [0.15, 0.2) is 5.75 Å². The van der Waals surface area contributed by atoms with Crippen LogP contribution >= 0.6 is 0 Å². The normalized spacial score (nSPS) is 11.1. The standard InChI is InChI=1S/C12H16N2O5/c1-12(2,7-19-3)13-11(16)8-4-5-9(14(17)18)10(15)6-8/h4-6,15H,7H2,1-3H3,(H,13,16). The molecule has 7 heteroatoms. The maximum absolute atomic E-state index is 11.9. The Morgan fingerprint density at radius 2 is 2.16 bits per heavy atom. The van der Waals surface area contributed by atoms with Crippen LogP contribution in [0.1, 0.15) is 24.2 Å². The molecule has 1 aromatic carbocycles. The number of phenolic OH excluding ortho intramolecular Hbond substituents is 1. The summed E-state index contributed by atoms with van der Waals surface area (Å²) in [7, 11) is 1.52. The second-order valence-electron chi connectivity index (χ2n) is 4.73. The number of nitrogens with zero attached hydrogens (tertiary/aromatic N) is 1. The number of rotatable bonds is 5. The van der Waals surface area contributed by atoms with Crippen LogP contribution in [0.2, 0.25) is 0 Å². The van der Waals surface area contributed by atoms with E-state index >= 15 is 0 Å². The molecule has 0 unspecified atom stereocenters. The first-order valence-corrected chi connectivity index (χ1v) is 5.55. The van der Waals surface area contributed by atoms with E-state index in [0.29, 0.717) is 6.61 Å². The number of aromatic hydroxyl groups is 1. The molecule has 0 bridgehead atoms. The molecular weight excluding hydrogens is 252 g/mol. The zero-order valence-corrected chi connectivity index (χ0v) is 11.0. The molecule has 0 aliphatic carbocycles. The van der Waals surface area contributed by atoms with Gasteiger partial charge in [0.25, 0.3) is 5.91 Å². The van der Waals surface area contributed by atoms with E-state index in [2.05, 4.69) is 5.32 Å². The quantitative estimate of drug-likeness (QED) is 0.621. The van der Waals surface area contributed by atoms with Crippen LogP contribution in [0.5, 0.6) is 5.75 Å². The molecule has 2 N–H and O–H groups in total. The Bertz CT molecular complexity index is 499. The van der Waals surface area contributed by atoms with E-state index in [0.717, 1.165) is 12.1 Å². The van der Waals surface area contributed by atoms with Crippen molar-refractivity contribution in [3.05, 3.63) is 33.9 Å². The Morgan fingerprint density at radius 3 is 2.63 bits per heavy atom. The minimum atomic E-state index is -0.716. The van der Waals surface area contributed by atoms with Crippen molar-refractivity contribution in [2.75, 3.05) is 13.7 Å². The minimum absolute atomic E-state index is 0.146. The lowest BCUT2D eigenvalue weighted by Gasteiger charge is -2.25. The van der Waals surface area contributed by atoms with Crippen molar-refractivity contribution in [1.29, 1.82) is 0 Å². The smallest absolute Gasteiger partial charge is 0.310 e. The lowest BCUT2D eigenvalue weighted by molar-refractivity contribution is -0.385. The number of carbonyl (C=O) groups is 1. The van der Waals surface area contributed by atoms with Crippen molar-refractivity contribution >= 4 is 11.6 Å². The highest BCUT2D eigenvalue weighted by molar-refractivity contribution is 5.95. The molecule has 0 aliphatic heterocycles. The maximum atomic E-state index is 11.9. The summed E-state index contributed by atoms with van der Waals surface area (Å²) >= 11 is 0. The van der Waals surface area contributed by atoms with Gasteiger partial charge < -0.3 is 15.2 Å². The molecule has 104 valence electrons. The van der Waals surface area contributed by atoms with Crippen molar-refractivity contribution in [1.82, 2.24) is 5.32 Å². The monoisotopic (exact) mass is 268 g/mol. The molecule has 0 fully saturated rings. The van der Waals surface area contributed by atoms with Gasteiger partial charge in [-0.2, -0.15) is 0 Å². The highest BCUT2D eigenvalue weighted by atomic mass is 16.6. The number of methoxy groups -OCH3 is 1. The predicted molar refractivity (Wildman–Crippen MR) is 68.2 cm³/mol. The molecule has 0 aromatic heterocycles. The fraction of sp³-hybridized carbons (Fsp3) is 0.417. The average Bonchev–Trinajstić information content (AvgIpc) is 2.27. The van der Waals surface area contributed by atoms with Gasteiger partial charge in [0.1, 0.15) is 0 Å². The molecule has 1 amide bonds. The third kappa shape index (κ3) is 3.92. The molecule has 0 spiro atoms. The number of hydrogen-bond acceptors (Lipinski definition) is 5. The Labute approximate surface area is 110 Å². The second kappa shape index (κ2) is 5.66. The van der Waals surface area contributed by atoms with Crippen LogP contribution in [0.4, 0.5) is 5.69 Å². The SMILES string of the molecule is COCC(C)(C)NC(=O)c1ccc([N+](=O)[O-])c(O)c1. The molecule has 0 saturated heterocycles. The minimum Gasteiger partial charge on any atom is -0.502 e. The lowest BCUT2D eigenvalue weighted by Crippen LogP contribution is -2.46. The van der Waals surface area contributed by atoms with E-state index in [-0.39, 0.29) is 5.56 Å². The number of hydrogen-bond donors (Lipinski definition) is 2. The van der Waals surface area contributed by atoms with E-state index in [1.54, 1.807) is 13.8 Å².